The Labute approximate surface area is 205 Å². The van der Waals surface area contributed by atoms with Crippen molar-refractivity contribution in [3.8, 4) is 17.0 Å². The molecule has 0 radical (unpaired) electrons. The molecule has 0 bridgehead atoms. The number of methoxy groups -OCH3 is 1. The summed E-state index contributed by atoms with van der Waals surface area (Å²) in [6.45, 7) is 2.33. The van der Waals surface area contributed by atoms with Gasteiger partial charge in [-0.15, -0.1) is 0 Å². The number of furan rings is 1. The Morgan fingerprint density at radius 2 is 2.00 bits per heavy atom. The summed E-state index contributed by atoms with van der Waals surface area (Å²) in [6, 6.07) is 12.6. The van der Waals surface area contributed by atoms with Crippen LogP contribution >= 0.6 is 0 Å². The summed E-state index contributed by atoms with van der Waals surface area (Å²) in [5, 5.41) is 7.61. The topological polar surface area (TPSA) is 107 Å². The number of nitrogens with one attached hydrogen (secondary N) is 1. The van der Waals surface area contributed by atoms with Gasteiger partial charge in [0.2, 0.25) is 0 Å². The van der Waals surface area contributed by atoms with Gasteiger partial charge in [-0.05, 0) is 74.8 Å². The van der Waals surface area contributed by atoms with E-state index >= 15 is 0 Å². The average Bonchev–Trinajstić information content (AvgIpc) is 3.66. The fraction of sp³-hybridized carbons (Fsp3) is 0.440. The van der Waals surface area contributed by atoms with Crippen LogP contribution in [0.5, 0.6) is 5.75 Å². The molecule has 2 fully saturated rings. The average molecular weight is 499 g/mol. The van der Waals surface area contributed by atoms with Gasteiger partial charge >= 0.3 is 0 Å². The Morgan fingerprint density at radius 3 is 2.63 bits per heavy atom. The fourth-order valence-corrected chi connectivity index (χ4v) is 6.65. The highest BCUT2D eigenvalue weighted by Crippen LogP contribution is 2.31. The Balaban J connectivity index is 1.40. The lowest BCUT2D eigenvalue weighted by Gasteiger charge is -2.25. The van der Waals surface area contributed by atoms with E-state index in [1.54, 1.807) is 24.1 Å². The Hall–Kier alpha value is -3.11. The van der Waals surface area contributed by atoms with E-state index in [4.69, 9.17) is 9.15 Å². The number of carbonyl (C=O) groups is 1. The molecule has 4 heterocycles. The molecule has 1 amide bonds. The largest absolute Gasteiger partial charge is 0.497 e. The van der Waals surface area contributed by atoms with Gasteiger partial charge in [0.25, 0.3) is 5.91 Å². The van der Waals surface area contributed by atoms with Crippen LogP contribution in [0, 0.1) is 0 Å². The minimum atomic E-state index is -3.12. The molecule has 10 heteroatoms. The number of benzene rings is 1. The van der Waals surface area contributed by atoms with Crippen LogP contribution in [0.1, 0.15) is 47.6 Å². The monoisotopic (exact) mass is 498 g/mol. The SMILES string of the molecule is COc1ccc(-c2cc(C(=O)NC[C@@H](c3ccco3)N3CCCC3)nn2[C@H]2CCS(=O)(=O)C2)cc1. The predicted octanol–water partition coefficient (Wildman–Crippen LogP) is 3.08. The third kappa shape index (κ3) is 5.13. The lowest BCUT2D eigenvalue weighted by molar-refractivity contribution is 0.0927. The first kappa shape index (κ1) is 23.6. The van der Waals surface area contributed by atoms with Crippen LogP contribution in [0.3, 0.4) is 0 Å². The van der Waals surface area contributed by atoms with Gasteiger partial charge in [-0.25, -0.2) is 8.42 Å². The van der Waals surface area contributed by atoms with Gasteiger partial charge in [0, 0.05) is 12.1 Å². The molecular weight excluding hydrogens is 468 g/mol. The Morgan fingerprint density at radius 1 is 1.23 bits per heavy atom. The molecule has 5 rings (SSSR count). The molecule has 2 aromatic heterocycles. The molecule has 1 N–H and O–H groups in total. The second kappa shape index (κ2) is 9.87. The number of carbonyl (C=O) groups excluding carboxylic acids is 1. The molecule has 0 spiro atoms. The molecule has 2 atom stereocenters. The number of rotatable bonds is 8. The first-order valence-corrected chi connectivity index (χ1v) is 13.8. The summed E-state index contributed by atoms with van der Waals surface area (Å²) in [7, 11) is -1.52. The van der Waals surface area contributed by atoms with Crippen molar-refractivity contribution in [2.24, 2.45) is 0 Å². The summed E-state index contributed by atoms with van der Waals surface area (Å²) < 4.78 is 36.9. The number of aromatic nitrogens is 2. The summed E-state index contributed by atoms with van der Waals surface area (Å²) in [5.41, 5.74) is 1.81. The quantitative estimate of drug-likeness (QED) is 0.509. The van der Waals surface area contributed by atoms with Crippen molar-refractivity contribution in [2.45, 2.75) is 31.3 Å². The summed E-state index contributed by atoms with van der Waals surface area (Å²) >= 11 is 0. The minimum absolute atomic E-state index is 0.0222. The number of amides is 1. The normalized spacial score (nSPS) is 20.7. The second-order valence-electron chi connectivity index (χ2n) is 9.13. The van der Waals surface area contributed by atoms with Crippen molar-refractivity contribution in [1.82, 2.24) is 20.0 Å². The van der Waals surface area contributed by atoms with Gasteiger partial charge in [0.05, 0.1) is 42.7 Å². The highest BCUT2D eigenvalue weighted by Gasteiger charge is 2.32. The molecule has 9 nitrogen and oxygen atoms in total. The Kier molecular flexibility index (Phi) is 6.66. The number of ether oxygens (including phenoxy) is 1. The maximum Gasteiger partial charge on any atom is 0.271 e. The zero-order valence-electron chi connectivity index (χ0n) is 19.7. The van der Waals surface area contributed by atoms with Crippen molar-refractivity contribution in [2.75, 3.05) is 38.2 Å². The lowest BCUT2D eigenvalue weighted by atomic mass is 10.1. The maximum atomic E-state index is 13.2. The molecule has 35 heavy (non-hydrogen) atoms. The highest BCUT2D eigenvalue weighted by molar-refractivity contribution is 7.91. The number of hydrogen-bond donors (Lipinski definition) is 1. The third-order valence-corrected chi connectivity index (χ3v) is 8.57. The molecule has 2 saturated heterocycles. The zero-order chi connectivity index (χ0) is 24.4. The van der Waals surface area contributed by atoms with Gasteiger partial charge in [-0.1, -0.05) is 0 Å². The van der Waals surface area contributed by atoms with E-state index in [2.05, 4.69) is 15.3 Å². The van der Waals surface area contributed by atoms with Crippen molar-refractivity contribution in [1.29, 1.82) is 0 Å². The van der Waals surface area contributed by atoms with E-state index < -0.39 is 9.84 Å². The predicted molar refractivity (Wildman–Crippen MR) is 131 cm³/mol. The fourth-order valence-electron chi connectivity index (χ4n) is 4.95. The van der Waals surface area contributed by atoms with Crippen LogP contribution in [-0.4, -0.2) is 67.3 Å². The molecule has 1 aromatic carbocycles. The molecule has 2 aliphatic heterocycles. The smallest absolute Gasteiger partial charge is 0.271 e. The van der Waals surface area contributed by atoms with Crippen molar-refractivity contribution < 1.29 is 22.4 Å². The second-order valence-corrected chi connectivity index (χ2v) is 11.4. The molecule has 2 aliphatic rings. The number of sulfone groups is 1. The van der Waals surface area contributed by atoms with Gasteiger partial charge in [0.15, 0.2) is 15.5 Å². The molecular formula is C25H30N4O5S. The first-order valence-electron chi connectivity index (χ1n) is 11.9. The van der Waals surface area contributed by atoms with Gasteiger partial charge in [0.1, 0.15) is 11.5 Å². The van der Waals surface area contributed by atoms with E-state index in [0.717, 1.165) is 37.3 Å². The van der Waals surface area contributed by atoms with Crippen LogP contribution in [-0.2, 0) is 9.84 Å². The molecule has 186 valence electrons. The molecule has 0 aliphatic carbocycles. The van der Waals surface area contributed by atoms with E-state index in [0.29, 0.717) is 24.4 Å². The lowest BCUT2D eigenvalue weighted by Crippen LogP contribution is -2.36. The van der Waals surface area contributed by atoms with E-state index in [1.807, 2.05) is 36.4 Å². The van der Waals surface area contributed by atoms with E-state index in [-0.39, 0.29) is 35.2 Å². The number of hydrogen-bond acceptors (Lipinski definition) is 7. The van der Waals surface area contributed by atoms with Gasteiger partial charge in [-0.2, -0.15) is 5.10 Å². The summed E-state index contributed by atoms with van der Waals surface area (Å²) in [5.74, 6) is 1.39. The van der Waals surface area contributed by atoms with Crippen LogP contribution in [0.15, 0.2) is 53.1 Å². The van der Waals surface area contributed by atoms with Gasteiger partial charge in [-0.3, -0.25) is 14.4 Å². The molecule has 3 aromatic rings. The van der Waals surface area contributed by atoms with Crippen molar-refractivity contribution in [3.05, 3.63) is 60.2 Å². The maximum absolute atomic E-state index is 13.2. The van der Waals surface area contributed by atoms with E-state index in [1.165, 1.54) is 0 Å². The first-order chi connectivity index (χ1) is 16.9. The van der Waals surface area contributed by atoms with Crippen molar-refractivity contribution in [3.63, 3.8) is 0 Å². The Bertz CT molecular complexity index is 1260. The highest BCUT2D eigenvalue weighted by atomic mass is 32.2. The number of nitrogens with zero attached hydrogens (tertiary/aromatic N) is 3. The molecule has 0 saturated carbocycles. The molecule has 0 unspecified atom stereocenters. The van der Waals surface area contributed by atoms with Gasteiger partial charge < -0.3 is 14.5 Å². The van der Waals surface area contributed by atoms with Crippen LogP contribution in [0.4, 0.5) is 0 Å². The number of likely N-dealkylation sites (tertiary alicyclic amines) is 1. The van der Waals surface area contributed by atoms with Crippen LogP contribution < -0.4 is 10.1 Å². The summed E-state index contributed by atoms with van der Waals surface area (Å²) in [4.78, 5) is 15.5. The van der Waals surface area contributed by atoms with Crippen molar-refractivity contribution >= 4 is 15.7 Å². The van der Waals surface area contributed by atoms with Crippen LogP contribution in [0.25, 0.3) is 11.3 Å². The minimum Gasteiger partial charge on any atom is -0.497 e. The standard InChI is InChI=1S/C25H30N4O5S/c1-33-20-8-6-18(7-9-20)22-15-21(27-29(22)19-10-14-35(31,32)17-19)25(30)26-16-23(24-5-4-13-34-24)28-11-2-3-12-28/h4-9,13,15,19,23H,2-3,10-12,14,16-17H2,1H3,(H,26,30)/t19-,23-/m0/s1. The van der Waals surface area contributed by atoms with Crippen LogP contribution in [0.2, 0.25) is 0 Å². The van der Waals surface area contributed by atoms with E-state index in [9.17, 15) is 13.2 Å². The zero-order valence-corrected chi connectivity index (χ0v) is 20.5. The summed E-state index contributed by atoms with van der Waals surface area (Å²) in [6.07, 6.45) is 4.39. The third-order valence-electron chi connectivity index (χ3n) is 6.82.